The fourth-order valence-corrected chi connectivity index (χ4v) is 6.05. The van der Waals surface area contributed by atoms with Crippen LogP contribution in [0.1, 0.15) is 50.7 Å². The minimum absolute atomic E-state index is 0.419. The van der Waals surface area contributed by atoms with Gasteiger partial charge < -0.3 is 4.74 Å². The van der Waals surface area contributed by atoms with E-state index in [9.17, 15) is 0 Å². The highest BCUT2D eigenvalue weighted by Gasteiger charge is 2.17. The van der Waals surface area contributed by atoms with Crippen LogP contribution in [0.4, 0.5) is 0 Å². The van der Waals surface area contributed by atoms with Gasteiger partial charge in [0.15, 0.2) is 0 Å². The number of aromatic nitrogens is 4. The number of fused-ring (bicyclic) bond motifs is 3. The molecule has 0 N–H and O–H groups in total. The highest BCUT2D eigenvalue weighted by atomic mass is 16.5. The molecule has 7 aromatic rings. The molecule has 4 aromatic carbocycles. The standard InChI is InChI=1S/C38H34N4O/c1-25(2)32-16-9-17-33(26(3)4)37(32)27-23-40-41(24-27)28-11-7-13-30(21-28)43-31-14-8-12-29(22-31)42-36-19-6-5-15-34(36)35-18-10-20-39-38(35)42/h5-26H,1-4H3. The molecule has 0 bridgehead atoms. The fraction of sp³-hybridized carbons (Fsp3) is 0.158. The van der Waals surface area contributed by atoms with Crippen LogP contribution in [0.2, 0.25) is 0 Å². The van der Waals surface area contributed by atoms with Crippen molar-refractivity contribution in [1.29, 1.82) is 0 Å². The first-order chi connectivity index (χ1) is 21.0. The smallest absolute Gasteiger partial charge is 0.145 e. The number of ether oxygens (including phenoxy) is 1. The van der Waals surface area contributed by atoms with E-state index in [-0.39, 0.29) is 0 Å². The molecule has 0 saturated heterocycles. The Bertz CT molecular complexity index is 2000. The van der Waals surface area contributed by atoms with Gasteiger partial charge in [0, 0.05) is 40.9 Å². The van der Waals surface area contributed by atoms with Gasteiger partial charge in [-0.05, 0) is 71.0 Å². The van der Waals surface area contributed by atoms with Crippen LogP contribution in [0.5, 0.6) is 11.5 Å². The van der Waals surface area contributed by atoms with Gasteiger partial charge >= 0.3 is 0 Å². The molecule has 0 aliphatic heterocycles. The summed E-state index contributed by atoms with van der Waals surface area (Å²) in [6.45, 7) is 9.00. The summed E-state index contributed by atoms with van der Waals surface area (Å²) in [6.07, 6.45) is 5.95. The van der Waals surface area contributed by atoms with Crippen molar-refractivity contribution in [2.45, 2.75) is 39.5 Å². The van der Waals surface area contributed by atoms with Gasteiger partial charge in [-0.2, -0.15) is 5.10 Å². The Labute approximate surface area is 252 Å². The number of hydrogen-bond donors (Lipinski definition) is 0. The zero-order valence-electron chi connectivity index (χ0n) is 24.9. The van der Waals surface area contributed by atoms with Crippen LogP contribution in [0.15, 0.2) is 122 Å². The van der Waals surface area contributed by atoms with Crippen LogP contribution in [0.25, 0.3) is 44.4 Å². The molecule has 5 nitrogen and oxygen atoms in total. The molecule has 7 rings (SSSR count). The van der Waals surface area contributed by atoms with E-state index in [2.05, 4.69) is 105 Å². The van der Waals surface area contributed by atoms with Crippen LogP contribution >= 0.6 is 0 Å². The lowest BCUT2D eigenvalue weighted by Gasteiger charge is -2.18. The lowest BCUT2D eigenvalue weighted by molar-refractivity contribution is 0.482. The summed E-state index contributed by atoms with van der Waals surface area (Å²) in [6, 6.07) is 35.4. The van der Waals surface area contributed by atoms with Crippen molar-refractivity contribution in [2.75, 3.05) is 0 Å². The first-order valence-corrected chi connectivity index (χ1v) is 14.9. The Morgan fingerprint density at radius 2 is 1.30 bits per heavy atom. The van der Waals surface area contributed by atoms with Gasteiger partial charge in [0.1, 0.15) is 17.1 Å². The Kier molecular flexibility index (Phi) is 6.78. The largest absolute Gasteiger partial charge is 0.457 e. The van der Waals surface area contributed by atoms with Gasteiger partial charge in [-0.25, -0.2) is 9.67 Å². The van der Waals surface area contributed by atoms with E-state index in [0.29, 0.717) is 11.8 Å². The van der Waals surface area contributed by atoms with Crippen molar-refractivity contribution < 1.29 is 4.74 Å². The van der Waals surface area contributed by atoms with Crippen molar-refractivity contribution >= 4 is 21.9 Å². The van der Waals surface area contributed by atoms with Gasteiger partial charge in [-0.15, -0.1) is 0 Å². The van der Waals surface area contributed by atoms with Crippen molar-refractivity contribution in [3.05, 3.63) is 133 Å². The van der Waals surface area contributed by atoms with E-state index in [4.69, 9.17) is 14.8 Å². The summed E-state index contributed by atoms with van der Waals surface area (Å²) in [5, 5.41) is 7.08. The summed E-state index contributed by atoms with van der Waals surface area (Å²) in [4.78, 5) is 4.72. The van der Waals surface area contributed by atoms with E-state index < -0.39 is 0 Å². The minimum Gasteiger partial charge on any atom is -0.457 e. The molecule has 0 amide bonds. The number of nitrogens with zero attached hydrogens (tertiary/aromatic N) is 4. The third kappa shape index (κ3) is 4.87. The molecule has 43 heavy (non-hydrogen) atoms. The van der Waals surface area contributed by atoms with Crippen LogP contribution < -0.4 is 4.74 Å². The Morgan fingerprint density at radius 3 is 2.05 bits per heavy atom. The maximum absolute atomic E-state index is 6.42. The zero-order valence-corrected chi connectivity index (χ0v) is 24.9. The molecule has 0 unspecified atom stereocenters. The molecule has 212 valence electrons. The van der Waals surface area contributed by atoms with Crippen molar-refractivity contribution in [3.8, 4) is 34.0 Å². The Hall–Kier alpha value is -5.16. The topological polar surface area (TPSA) is 44.9 Å². The van der Waals surface area contributed by atoms with Gasteiger partial charge in [0.05, 0.1) is 23.1 Å². The molecular weight excluding hydrogens is 528 g/mol. The molecular formula is C38H34N4O. The lowest BCUT2D eigenvalue weighted by Crippen LogP contribution is -1.99. The second kappa shape index (κ2) is 10.9. The molecule has 0 atom stereocenters. The molecule has 0 aliphatic carbocycles. The monoisotopic (exact) mass is 562 g/mol. The minimum atomic E-state index is 0.419. The van der Waals surface area contributed by atoms with Crippen LogP contribution in [0.3, 0.4) is 0 Å². The molecule has 0 spiro atoms. The number of benzene rings is 4. The predicted octanol–water partition coefficient (Wildman–Crippen LogP) is 10.1. The quantitative estimate of drug-likeness (QED) is 0.194. The number of para-hydroxylation sites is 1. The van der Waals surface area contributed by atoms with E-state index in [1.807, 2.05) is 53.5 Å². The highest BCUT2D eigenvalue weighted by Crippen LogP contribution is 2.37. The van der Waals surface area contributed by atoms with Gasteiger partial charge in [0.25, 0.3) is 0 Å². The Morgan fingerprint density at radius 1 is 0.651 bits per heavy atom. The molecule has 5 heteroatoms. The summed E-state index contributed by atoms with van der Waals surface area (Å²) < 4.78 is 10.5. The molecule has 0 radical (unpaired) electrons. The number of rotatable bonds is 7. The highest BCUT2D eigenvalue weighted by molar-refractivity contribution is 6.07. The molecule has 3 heterocycles. The first kappa shape index (κ1) is 26.7. The summed E-state index contributed by atoms with van der Waals surface area (Å²) in [5.41, 5.74) is 9.11. The maximum atomic E-state index is 6.42. The van der Waals surface area contributed by atoms with Crippen molar-refractivity contribution in [3.63, 3.8) is 0 Å². The number of hydrogen-bond acceptors (Lipinski definition) is 3. The summed E-state index contributed by atoms with van der Waals surface area (Å²) in [7, 11) is 0. The second-order valence-corrected chi connectivity index (χ2v) is 11.6. The molecule has 0 fully saturated rings. The zero-order chi connectivity index (χ0) is 29.5. The average Bonchev–Trinajstić information content (AvgIpc) is 3.64. The summed E-state index contributed by atoms with van der Waals surface area (Å²) in [5.74, 6) is 2.34. The van der Waals surface area contributed by atoms with E-state index in [1.165, 1.54) is 22.1 Å². The van der Waals surface area contributed by atoms with Gasteiger partial charge in [-0.1, -0.05) is 76.2 Å². The third-order valence-corrected chi connectivity index (χ3v) is 8.07. The summed E-state index contributed by atoms with van der Waals surface area (Å²) >= 11 is 0. The average molecular weight is 563 g/mol. The SMILES string of the molecule is CC(C)c1cccc(C(C)C)c1-c1cnn(-c2cccc(Oc3cccc(-n4c5ccccc5c5cccnc54)c3)c2)c1. The van der Waals surface area contributed by atoms with E-state index in [0.717, 1.165) is 45.0 Å². The maximum Gasteiger partial charge on any atom is 0.145 e. The molecule has 3 aromatic heterocycles. The van der Waals surface area contributed by atoms with Crippen LogP contribution in [0, 0.1) is 0 Å². The number of pyridine rings is 1. The second-order valence-electron chi connectivity index (χ2n) is 11.6. The molecule has 0 aliphatic rings. The normalized spacial score (nSPS) is 11.7. The third-order valence-electron chi connectivity index (χ3n) is 8.07. The predicted molar refractivity (Wildman–Crippen MR) is 176 cm³/mol. The van der Waals surface area contributed by atoms with Crippen LogP contribution in [-0.4, -0.2) is 19.3 Å². The van der Waals surface area contributed by atoms with Gasteiger partial charge in [0.2, 0.25) is 0 Å². The van der Waals surface area contributed by atoms with Crippen molar-refractivity contribution in [1.82, 2.24) is 19.3 Å². The molecule has 0 saturated carbocycles. The Balaban J connectivity index is 1.22. The van der Waals surface area contributed by atoms with E-state index >= 15 is 0 Å². The van der Waals surface area contributed by atoms with E-state index in [1.54, 1.807) is 0 Å². The van der Waals surface area contributed by atoms with Gasteiger partial charge in [-0.3, -0.25) is 4.57 Å². The first-order valence-electron chi connectivity index (χ1n) is 14.9. The fourth-order valence-electron chi connectivity index (χ4n) is 6.05. The van der Waals surface area contributed by atoms with Crippen molar-refractivity contribution in [2.24, 2.45) is 0 Å². The lowest BCUT2D eigenvalue weighted by atomic mass is 9.86. The van der Waals surface area contributed by atoms with Crippen LogP contribution in [-0.2, 0) is 0 Å².